The van der Waals surface area contributed by atoms with Crippen molar-refractivity contribution in [3.05, 3.63) is 40.6 Å². The molecule has 6 nitrogen and oxygen atoms in total. The molecule has 2 N–H and O–H groups in total. The average Bonchev–Trinajstić information content (AvgIpc) is 3.02. The van der Waals surface area contributed by atoms with Crippen LogP contribution in [0, 0.1) is 25.2 Å². The number of hydrogen-bond acceptors (Lipinski definition) is 5. The Kier molecular flexibility index (Phi) is 2.91. The first-order valence-corrected chi connectivity index (χ1v) is 6.56. The maximum absolute atomic E-state index is 12.4. The fourth-order valence-electron chi connectivity index (χ4n) is 2.41. The van der Waals surface area contributed by atoms with Gasteiger partial charge in [0.15, 0.2) is 6.10 Å². The van der Waals surface area contributed by atoms with Crippen molar-refractivity contribution in [2.24, 2.45) is 0 Å². The van der Waals surface area contributed by atoms with Crippen LogP contribution in [-0.2, 0) is 6.42 Å². The predicted molar refractivity (Wildman–Crippen MR) is 76.0 cm³/mol. The minimum atomic E-state index is -0.657. The highest BCUT2D eigenvalue weighted by Crippen LogP contribution is 2.32. The van der Waals surface area contributed by atoms with Gasteiger partial charge in [-0.2, -0.15) is 15.0 Å². The van der Waals surface area contributed by atoms with E-state index < -0.39 is 6.10 Å². The number of benzene rings is 1. The molecule has 21 heavy (non-hydrogen) atoms. The number of nitrogens with two attached hydrogens (primary N) is 1. The van der Waals surface area contributed by atoms with Crippen molar-refractivity contribution in [2.75, 3.05) is 5.73 Å². The number of carbonyl (C=O) groups excluding carboxylic acids is 1. The number of aromatic nitrogens is 2. The smallest absolute Gasteiger partial charge is 0.290 e. The van der Waals surface area contributed by atoms with Crippen LogP contribution in [0.15, 0.2) is 18.3 Å². The number of nitrogen functional groups attached to an aromatic ring is 1. The number of rotatable bonds is 1. The van der Waals surface area contributed by atoms with Gasteiger partial charge in [0.05, 0.1) is 6.20 Å². The number of hydrogen-bond donors (Lipinski definition) is 1. The highest BCUT2D eigenvalue weighted by atomic mass is 16.5. The van der Waals surface area contributed by atoms with Gasteiger partial charge in [0.25, 0.3) is 5.91 Å². The number of anilines is 1. The maximum atomic E-state index is 12.4. The summed E-state index contributed by atoms with van der Waals surface area (Å²) in [4.78, 5) is 12.4. The lowest BCUT2D eigenvalue weighted by molar-refractivity contribution is 0.0720. The first-order chi connectivity index (χ1) is 10.0. The van der Waals surface area contributed by atoms with Crippen molar-refractivity contribution in [2.45, 2.75) is 26.4 Å². The van der Waals surface area contributed by atoms with Gasteiger partial charge in [-0.15, -0.1) is 0 Å². The van der Waals surface area contributed by atoms with Crippen LogP contribution in [-0.4, -0.2) is 21.8 Å². The van der Waals surface area contributed by atoms with Crippen LogP contribution in [0.4, 0.5) is 5.82 Å². The zero-order valence-corrected chi connectivity index (χ0v) is 11.8. The molecule has 0 amide bonds. The Hall–Kier alpha value is -2.81. The van der Waals surface area contributed by atoms with E-state index in [1.165, 1.54) is 6.20 Å². The van der Waals surface area contributed by atoms with Gasteiger partial charge in [0.2, 0.25) is 0 Å². The molecule has 2 aromatic rings. The molecule has 0 radical (unpaired) electrons. The van der Waals surface area contributed by atoms with Gasteiger partial charge in [-0.3, -0.25) is 4.79 Å². The van der Waals surface area contributed by atoms with Crippen molar-refractivity contribution in [3.8, 4) is 11.8 Å². The van der Waals surface area contributed by atoms with Gasteiger partial charge in [-0.05, 0) is 36.6 Å². The van der Waals surface area contributed by atoms with Crippen molar-refractivity contribution >= 4 is 11.7 Å². The van der Waals surface area contributed by atoms with E-state index in [4.69, 9.17) is 15.7 Å². The number of carbonyl (C=O) groups is 1. The molecule has 0 saturated carbocycles. The Labute approximate surface area is 121 Å². The summed E-state index contributed by atoms with van der Waals surface area (Å²) in [5, 5.41) is 12.7. The standard InChI is InChI=1S/C15H14N4O2/c1-8-3-10-5-13(21-12(10)4-9(8)2)15(20)19-14(17)11(6-16)7-18-19/h3-4,7,13H,5,17H2,1-2H3/t13-/m1/s1. The van der Waals surface area contributed by atoms with Crippen LogP contribution in [0.1, 0.15) is 27.0 Å². The molecule has 1 aliphatic rings. The monoisotopic (exact) mass is 282 g/mol. The normalized spacial score (nSPS) is 16.1. The molecule has 3 rings (SSSR count). The minimum absolute atomic E-state index is 0.0504. The van der Waals surface area contributed by atoms with E-state index in [1.54, 1.807) is 0 Å². The van der Waals surface area contributed by atoms with Gasteiger partial charge in [0.1, 0.15) is 23.2 Å². The Morgan fingerprint density at radius 3 is 2.86 bits per heavy atom. The summed E-state index contributed by atoms with van der Waals surface area (Å²) < 4.78 is 6.74. The summed E-state index contributed by atoms with van der Waals surface area (Å²) >= 11 is 0. The summed E-state index contributed by atoms with van der Waals surface area (Å²) in [6, 6.07) is 5.86. The van der Waals surface area contributed by atoms with Gasteiger partial charge < -0.3 is 10.5 Å². The first kappa shape index (κ1) is 13.2. The summed E-state index contributed by atoms with van der Waals surface area (Å²) in [6.07, 6.45) is 1.11. The lowest BCUT2D eigenvalue weighted by Crippen LogP contribution is -2.32. The molecular weight excluding hydrogens is 268 g/mol. The average molecular weight is 282 g/mol. The van der Waals surface area contributed by atoms with Gasteiger partial charge in [-0.25, -0.2) is 0 Å². The fourth-order valence-corrected chi connectivity index (χ4v) is 2.41. The second-order valence-electron chi connectivity index (χ2n) is 5.16. The van der Waals surface area contributed by atoms with Crippen molar-refractivity contribution in [3.63, 3.8) is 0 Å². The summed E-state index contributed by atoms with van der Waals surface area (Å²) in [5.74, 6) is 0.414. The highest BCUT2D eigenvalue weighted by molar-refractivity contribution is 5.87. The predicted octanol–water partition coefficient (Wildman–Crippen LogP) is 1.60. The number of ether oxygens (including phenoxy) is 1. The topological polar surface area (TPSA) is 93.9 Å². The summed E-state index contributed by atoms with van der Waals surface area (Å²) in [5.41, 5.74) is 9.21. The molecule has 106 valence electrons. The van der Waals surface area contributed by atoms with E-state index >= 15 is 0 Å². The third-order valence-electron chi connectivity index (χ3n) is 3.76. The van der Waals surface area contributed by atoms with Crippen LogP contribution in [0.2, 0.25) is 0 Å². The van der Waals surface area contributed by atoms with E-state index in [0.717, 1.165) is 27.1 Å². The van der Waals surface area contributed by atoms with Crippen LogP contribution >= 0.6 is 0 Å². The Bertz CT molecular complexity index is 755. The van der Waals surface area contributed by atoms with Gasteiger partial charge in [-0.1, -0.05) is 6.07 Å². The molecule has 0 fully saturated rings. The van der Waals surface area contributed by atoms with Crippen LogP contribution in [0.3, 0.4) is 0 Å². The summed E-state index contributed by atoms with van der Waals surface area (Å²) in [7, 11) is 0. The molecule has 0 unspecified atom stereocenters. The third-order valence-corrected chi connectivity index (χ3v) is 3.76. The number of nitrogens with zero attached hydrogens (tertiary/aromatic N) is 3. The van der Waals surface area contributed by atoms with Crippen LogP contribution < -0.4 is 10.5 Å². The van der Waals surface area contributed by atoms with Crippen molar-refractivity contribution in [1.29, 1.82) is 5.26 Å². The lowest BCUT2D eigenvalue weighted by Gasteiger charge is -2.10. The highest BCUT2D eigenvalue weighted by Gasteiger charge is 2.32. The second kappa shape index (κ2) is 4.63. The SMILES string of the molecule is Cc1cc2c(cc1C)O[C@@H](C(=O)n1ncc(C#N)c1N)C2. The largest absolute Gasteiger partial charge is 0.480 e. The Balaban J connectivity index is 1.89. The van der Waals surface area contributed by atoms with E-state index in [1.807, 2.05) is 32.0 Å². The third kappa shape index (κ3) is 2.03. The van der Waals surface area contributed by atoms with Gasteiger partial charge >= 0.3 is 0 Å². The van der Waals surface area contributed by atoms with Crippen molar-refractivity contribution in [1.82, 2.24) is 9.78 Å². The second-order valence-corrected chi connectivity index (χ2v) is 5.16. The molecule has 2 heterocycles. The Morgan fingerprint density at radius 1 is 1.48 bits per heavy atom. The number of nitriles is 1. The number of fused-ring (bicyclic) bond motifs is 1. The maximum Gasteiger partial charge on any atom is 0.290 e. The molecule has 0 aliphatic carbocycles. The fraction of sp³-hybridized carbons (Fsp3) is 0.267. The first-order valence-electron chi connectivity index (χ1n) is 6.56. The zero-order valence-electron chi connectivity index (χ0n) is 11.8. The van der Waals surface area contributed by atoms with Crippen LogP contribution in [0.5, 0.6) is 5.75 Å². The molecule has 6 heteroatoms. The van der Waals surface area contributed by atoms with Gasteiger partial charge in [0, 0.05) is 6.42 Å². The summed E-state index contributed by atoms with van der Waals surface area (Å²) in [6.45, 7) is 4.02. The number of aryl methyl sites for hydroxylation is 2. The molecule has 0 spiro atoms. The van der Waals surface area contributed by atoms with E-state index in [-0.39, 0.29) is 17.3 Å². The van der Waals surface area contributed by atoms with E-state index in [0.29, 0.717) is 6.42 Å². The molecule has 0 bridgehead atoms. The zero-order chi connectivity index (χ0) is 15.1. The van der Waals surface area contributed by atoms with E-state index in [2.05, 4.69) is 5.10 Å². The van der Waals surface area contributed by atoms with Crippen LogP contribution in [0.25, 0.3) is 0 Å². The minimum Gasteiger partial charge on any atom is -0.480 e. The van der Waals surface area contributed by atoms with E-state index in [9.17, 15) is 4.79 Å². The molecule has 1 aromatic carbocycles. The lowest BCUT2D eigenvalue weighted by atomic mass is 10.0. The molecule has 1 aromatic heterocycles. The molecule has 0 saturated heterocycles. The molecular formula is C15H14N4O2. The van der Waals surface area contributed by atoms with Crippen molar-refractivity contribution < 1.29 is 9.53 Å². The molecule has 1 atom stereocenters. The Morgan fingerprint density at radius 2 is 2.19 bits per heavy atom. The molecule has 1 aliphatic heterocycles. The quantitative estimate of drug-likeness (QED) is 0.857.